The summed E-state index contributed by atoms with van der Waals surface area (Å²) in [5.41, 5.74) is 1.07. The van der Waals surface area contributed by atoms with Crippen LogP contribution in [0.2, 0.25) is 0 Å². The molecule has 2 N–H and O–H groups in total. The largest absolute Gasteiger partial charge is 0.507 e. The van der Waals surface area contributed by atoms with Crippen LogP contribution in [-0.4, -0.2) is 13.5 Å². The molecule has 21 heavy (non-hydrogen) atoms. The average molecular weight is 297 g/mol. The van der Waals surface area contributed by atoms with Crippen molar-refractivity contribution in [1.82, 2.24) is 0 Å². The fourth-order valence-corrected chi connectivity index (χ4v) is 4.33. The summed E-state index contributed by atoms with van der Waals surface area (Å²) in [7, 11) is -3.64. The van der Waals surface area contributed by atoms with Gasteiger partial charge in [-0.25, -0.2) is 8.42 Å². The molecule has 0 fully saturated rings. The predicted octanol–water partition coefficient (Wildman–Crippen LogP) is 3.44. The third-order valence-corrected chi connectivity index (χ3v) is 5.55. The molecule has 0 radical (unpaired) electrons. The number of sulfone groups is 1. The number of phenols is 1. The van der Waals surface area contributed by atoms with Crippen LogP contribution in [-0.2, 0) is 9.84 Å². The Bertz CT molecular complexity index is 994. The highest BCUT2D eigenvalue weighted by molar-refractivity contribution is 7.92. The molecule has 5 heteroatoms. The fourth-order valence-electron chi connectivity index (χ4n) is 2.73. The minimum atomic E-state index is -3.64. The number of fused-ring (bicyclic) bond motifs is 4. The van der Waals surface area contributed by atoms with Gasteiger partial charge in [-0.3, -0.25) is 0 Å². The molecular formula is C16H11NO3S. The molecule has 1 aliphatic rings. The van der Waals surface area contributed by atoms with Crippen molar-refractivity contribution in [3.8, 4) is 5.75 Å². The molecule has 0 saturated carbocycles. The van der Waals surface area contributed by atoms with E-state index < -0.39 is 9.84 Å². The molecule has 1 aliphatic heterocycles. The van der Waals surface area contributed by atoms with Crippen LogP contribution in [0.1, 0.15) is 0 Å². The van der Waals surface area contributed by atoms with Gasteiger partial charge in [0.15, 0.2) is 0 Å². The third-order valence-electron chi connectivity index (χ3n) is 3.71. The molecule has 3 aromatic rings. The summed E-state index contributed by atoms with van der Waals surface area (Å²) >= 11 is 0. The Kier molecular flexibility index (Phi) is 2.32. The first-order chi connectivity index (χ1) is 10.1. The molecule has 0 bridgehead atoms. The lowest BCUT2D eigenvalue weighted by molar-refractivity contribution is 0.479. The first kappa shape index (κ1) is 12.2. The SMILES string of the molecule is O=S1(=O)c2ccccc2Nc2c1cc(O)c1ccccc21. The molecule has 0 aliphatic carbocycles. The quantitative estimate of drug-likeness (QED) is 0.488. The maximum absolute atomic E-state index is 12.7. The van der Waals surface area contributed by atoms with Gasteiger partial charge in [0.2, 0.25) is 9.84 Å². The van der Waals surface area contributed by atoms with Gasteiger partial charge in [-0.05, 0) is 12.1 Å². The molecule has 1 heterocycles. The van der Waals surface area contributed by atoms with Crippen molar-refractivity contribution in [2.45, 2.75) is 9.79 Å². The highest BCUT2D eigenvalue weighted by atomic mass is 32.2. The van der Waals surface area contributed by atoms with Crippen LogP contribution < -0.4 is 5.32 Å². The van der Waals surface area contributed by atoms with Gasteiger partial charge in [0.1, 0.15) is 5.75 Å². The van der Waals surface area contributed by atoms with E-state index in [0.717, 1.165) is 0 Å². The van der Waals surface area contributed by atoms with E-state index in [2.05, 4.69) is 5.32 Å². The van der Waals surface area contributed by atoms with Crippen molar-refractivity contribution >= 4 is 32.0 Å². The summed E-state index contributed by atoms with van der Waals surface area (Å²) in [5, 5.41) is 14.6. The van der Waals surface area contributed by atoms with Gasteiger partial charge >= 0.3 is 0 Å². The Balaban J connectivity index is 2.17. The van der Waals surface area contributed by atoms with Crippen LogP contribution in [0, 0.1) is 0 Å². The predicted molar refractivity (Wildman–Crippen MR) is 80.8 cm³/mol. The molecule has 0 saturated heterocycles. The number of para-hydroxylation sites is 1. The second-order valence-electron chi connectivity index (χ2n) is 4.94. The Morgan fingerprint density at radius 3 is 2.33 bits per heavy atom. The molecular weight excluding hydrogens is 286 g/mol. The molecule has 4 rings (SSSR count). The topological polar surface area (TPSA) is 66.4 Å². The molecule has 0 amide bonds. The van der Waals surface area contributed by atoms with E-state index in [9.17, 15) is 13.5 Å². The molecule has 3 aromatic carbocycles. The fraction of sp³-hybridized carbons (Fsp3) is 0. The van der Waals surface area contributed by atoms with Gasteiger partial charge < -0.3 is 10.4 Å². The van der Waals surface area contributed by atoms with E-state index >= 15 is 0 Å². The summed E-state index contributed by atoms with van der Waals surface area (Å²) in [5.74, 6) is -0.0332. The van der Waals surface area contributed by atoms with Crippen molar-refractivity contribution in [2.24, 2.45) is 0 Å². The Morgan fingerprint density at radius 1 is 0.857 bits per heavy atom. The lowest BCUT2D eigenvalue weighted by atomic mass is 10.1. The van der Waals surface area contributed by atoms with Crippen LogP contribution in [0.15, 0.2) is 64.4 Å². The van der Waals surface area contributed by atoms with Crippen LogP contribution in [0.25, 0.3) is 10.8 Å². The summed E-state index contributed by atoms with van der Waals surface area (Å²) < 4.78 is 25.5. The summed E-state index contributed by atoms with van der Waals surface area (Å²) in [4.78, 5) is 0.338. The van der Waals surface area contributed by atoms with Crippen molar-refractivity contribution in [2.75, 3.05) is 5.32 Å². The maximum Gasteiger partial charge on any atom is 0.210 e. The molecule has 0 unspecified atom stereocenters. The van der Waals surface area contributed by atoms with Crippen molar-refractivity contribution in [1.29, 1.82) is 0 Å². The number of benzene rings is 3. The van der Waals surface area contributed by atoms with Crippen molar-refractivity contribution in [3.05, 3.63) is 54.6 Å². The van der Waals surface area contributed by atoms with E-state index in [1.54, 1.807) is 42.5 Å². The van der Waals surface area contributed by atoms with Gasteiger partial charge in [0.25, 0.3) is 0 Å². The Labute approximate surface area is 121 Å². The highest BCUT2D eigenvalue weighted by Crippen LogP contribution is 2.45. The standard InChI is InChI=1S/C16H11NO3S/c18-13-9-15-16(11-6-2-1-5-10(11)13)17-12-7-3-4-8-14(12)21(15,19)20/h1-9,17-18H. The zero-order valence-corrected chi connectivity index (χ0v) is 11.7. The average Bonchev–Trinajstić information content (AvgIpc) is 2.49. The first-order valence-electron chi connectivity index (χ1n) is 6.45. The Hall–Kier alpha value is -2.53. The van der Waals surface area contributed by atoms with Crippen LogP contribution >= 0.6 is 0 Å². The zero-order chi connectivity index (χ0) is 14.6. The van der Waals surface area contributed by atoms with E-state index in [-0.39, 0.29) is 15.5 Å². The normalized spacial score (nSPS) is 15.0. The number of hydrogen-bond donors (Lipinski definition) is 2. The zero-order valence-electron chi connectivity index (χ0n) is 10.9. The van der Waals surface area contributed by atoms with E-state index in [4.69, 9.17) is 0 Å². The van der Waals surface area contributed by atoms with E-state index in [1.807, 2.05) is 6.07 Å². The van der Waals surface area contributed by atoms with E-state index in [1.165, 1.54) is 6.07 Å². The number of nitrogens with one attached hydrogen (secondary N) is 1. The minimum absolute atomic E-state index is 0.0332. The lowest BCUT2D eigenvalue weighted by Crippen LogP contribution is -2.13. The van der Waals surface area contributed by atoms with Gasteiger partial charge in [-0.2, -0.15) is 0 Å². The van der Waals surface area contributed by atoms with Crippen LogP contribution in [0.5, 0.6) is 5.75 Å². The summed E-state index contributed by atoms with van der Waals surface area (Å²) in [6, 6.07) is 15.3. The molecule has 4 nitrogen and oxygen atoms in total. The second-order valence-corrected chi connectivity index (χ2v) is 6.83. The van der Waals surface area contributed by atoms with Gasteiger partial charge in [0.05, 0.1) is 21.2 Å². The van der Waals surface area contributed by atoms with Gasteiger partial charge in [-0.1, -0.05) is 36.4 Å². The summed E-state index contributed by atoms with van der Waals surface area (Å²) in [6.07, 6.45) is 0. The molecule has 0 aromatic heterocycles. The van der Waals surface area contributed by atoms with Gasteiger partial charge in [0, 0.05) is 16.8 Å². The first-order valence-corrected chi connectivity index (χ1v) is 7.93. The smallest absolute Gasteiger partial charge is 0.210 e. The van der Waals surface area contributed by atoms with Crippen molar-refractivity contribution < 1.29 is 13.5 Å². The highest BCUT2D eigenvalue weighted by Gasteiger charge is 2.31. The monoisotopic (exact) mass is 297 g/mol. The van der Waals surface area contributed by atoms with Crippen LogP contribution in [0.3, 0.4) is 0 Å². The summed E-state index contributed by atoms with van der Waals surface area (Å²) in [6.45, 7) is 0. The van der Waals surface area contributed by atoms with Crippen LogP contribution in [0.4, 0.5) is 11.4 Å². The molecule has 0 atom stereocenters. The molecule has 0 spiro atoms. The second kappa shape index (κ2) is 3.99. The van der Waals surface area contributed by atoms with E-state index in [0.29, 0.717) is 22.1 Å². The number of rotatable bonds is 0. The minimum Gasteiger partial charge on any atom is -0.507 e. The number of anilines is 2. The number of aromatic hydroxyl groups is 1. The maximum atomic E-state index is 12.7. The molecule has 104 valence electrons. The lowest BCUT2D eigenvalue weighted by Gasteiger charge is -2.23. The Morgan fingerprint density at radius 2 is 1.52 bits per heavy atom. The van der Waals surface area contributed by atoms with Crippen molar-refractivity contribution in [3.63, 3.8) is 0 Å². The number of hydrogen-bond acceptors (Lipinski definition) is 4. The number of phenolic OH excluding ortho intramolecular Hbond substituents is 1. The van der Waals surface area contributed by atoms with Gasteiger partial charge in [-0.15, -0.1) is 0 Å². The third kappa shape index (κ3) is 1.58.